The van der Waals surface area contributed by atoms with Gasteiger partial charge in [-0.3, -0.25) is 4.79 Å². The second-order valence-corrected chi connectivity index (χ2v) is 3.84. The van der Waals surface area contributed by atoms with Crippen molar-refractivity contribution < 1.29 is 23.8 Å². The second-order valence-electron chi connectivity index (χ2n) is 3.84. The number of carbonyl (C=O) groups excluding carboxylic acids is 1. The standard InChI is InChI=1S/C12H14FNO4/c1-7-3-4-9(13)11(5-7)18-6-10(12(16)17)14-8(2)15/h3-5,10H,6H2,1-2H3,(H,14,15)(H,16,17). The van der Waals surface area contributed by atoms with Gasteiger partial charge in [-0.25, -0.2) is 9.18 Å². The first-order valence-corrected chi connectivity index (χ1v) is 5.29. The number of carbonyl (C=O) groups is 2. The molecule has 0 aliphatic rings. The number of hydrogen-bond donors (Lipinski definition) is 2. The van der Waals surface area contributed by atoms with E-state index in [9.17, 15) is 14.0 Å². The van der Waals surface area contributed by atoms with Gasteiger partial charge in [0.1, 0.15) is 6.61 Å². The van der Waals surface area contributed by atoms with Gasteiger partial charge in [0, 0.05) is 6.92 Å². The number of halogens is 1. The highest BCUT2D eigenvalue weighted by molar-refractivity contribution is 5.82. The van der Waals surface area contributed by atoms with Crippen molar-refractivity contribution in [2.45, 2.75) is 19.9 Å². The molecule has 1 unspecified atom stereocenters. The van der Waals surface area contributed by atoms with Crippen LogP contribution in [0.15, 0.2) is 18.2 Å². The van der Waals surface area contributed by atoms with Gasteiger partial charge >= 0.3 is 5.97 Å². The molecule has 0 saturated carbocycles. The van der Waals surface area contributed by atoms with Crippen molar-refractivity contribution in [2.24, 2.45) is 0 Å². The summed E-state index contributed by atoms with van der Waals surface area (Å²) in [6.45, 7) is 2.62. The van der Waals surface area contributed by atoms with E-state index in [2.05, 4.69) is 5.32 Å². The van der Waals surface area contributed by atoms with Gasteiger partial charge in [-0.05, 0) is 24.6 Å². The topological polar surface area (TPSA) is 75.6 Å². The van der Waals surface area contributed by atoms with Crippen LogP contribution in [-0.4, -0.2) is 29.6 Å². The predicted octanol–water partition coefficient (Wildman–Crippen LogP) is 1.10. The molecule has 5 nitrogen and oxygen atoms in total. The molecular weight excluding hydrogens is 241 g/mol. The maximum Gasteiger partial charge on any atom is 0.329 e. The molecule has 6 heteroatoms. The average Bonchev–Trinajstić information content (AvgIpc) is 2.27. The minimum Gasteiger partial charge on any atom is -0.488 e. The smallest absolute Gasteiger partial charge is 0.329 e. The Balaban J connectivity index is 2.69. The van der Waals surface area contributed by atoms with Crippen LogP contribution in [-0.2, 0) is 9.59 Å². The quantitative estimate of drug-likeness (QED) is 0.826. The molecule has 1 rings (SSSR count). The van der Waals surface area contributed by atoms with Crippen molar-refractivity contribution in [3.05, 3.63) is 29.6 Å². The van der Waals surface area contributed by atoms with Crippen LogP contribution in [0.1, 0.15) is 12.5 Å². The molecule has 0 aliphatic heterocycles. The van der Waals surface area contributed by atoms with Crippen molar-refractivity contribution in [1.29, 1.82) is 0 Å². The van der Waals surface area contributed by atoms with E-state index in [0.717, 1.165) is 5.56 Å². The third kappa shape index (κ3) is 4.04. The lowest BCUT2D eigenvalue weighted by Crippen LogP contribution is -2.43. The fourth-order valence-corrected chi connectivity index (χ4v) is 1.31. The molecular formula is C12H14FNO4. The Morgan fingerprint density at radius 3 is 2.72 bits per heavy atom. The van der Waals surface area contributed by atoms with Crippen molar-refractivity contribution in [3.8, 4) is 5.75 Å². The Morgan fingerprint density at radius 1 is 1.50 bits per heavy atom. The molecule has 2 N–H and O–H groups in total. The number of amides is 1. The number of benzene rings is 1. The normalized spacial score (nSPS) is 11.7. The number of ether oxygens (including phenoxy) is 1. The molecule has 0 aromatic heterocycles. The van der Waals surface area contributed by atoms with E-state index in [1.807, 2.05) is 0 Å². The molecule has 18 heavy (non-hydrogen) atoms. The first-order valence-electron chi connectivity index (χ1n) is 5.29. The summed E-state index contributed by atoms with van der Waals surface area (Å²) in [5, 5.41) is 11.0. The maximum atomic E-state index is 13.3. The fourth-order valence-electron chi connectivity index (χ4n) is 1.31. The van der Waals surface area contributed by atoms with Gasteiger partial charge in [-0.15, -0.1) is 0 Å². The van der Waals surface area contributed by atoms with Crippen LogP contribution >= 0.6 is 0 Å². The Hall–Kier alpha value is -2.11. The fraction of sp³-hybridized carbons (Fsp3) is 0.333. The lowest BCUT2D eigenvalue weighted by atomic mass is 10.2. The molecule has 0 saturated heterocycles. The van der Waals surface area contributed by atoms with Gasteiger partial charge in [0.2, 0.25) is 5.91 Å². The van der Waals surface area contributed by atoms with Crippen molar-refractivity contribution in [3.63, 3.8) is 0 Å². The van der Waals surface area contributed by atoms with E-state index in [1.54, 1.807) is 13.0 Å². The average molecular weight is 255 g/mol. The monoisotopic (exact) mass is 255 g/mol. The minimum absolute atomic E-state index is 0.0356. The van der Waals surface area contributed by atoms with Gasteiger partial charge in [0.15, 0.2) is 17.6 Å². The Morgan fingerprint density at radius 2 is 2.17 bits per heavy atom. The SMILES string of the molecule is CC(=O)NC(COc1cc(C)ccc1F)C(=O)O. The highest BCUT2D eigenvalue weighted by Crippen LogP contribution is 2.18. The van der Waals surface area contributed by atoms with Gasteiger partial charge in [-0.2, -0.15) is 0 Å². The summed E-state index contributed by atoms with van der Waals surface area (Å²) >= 11 is 0. The molecule has 0 spiro atoms. The van der Waals surface area contributed by atoms with Crippen LogP contribution in [0.3, 0.4) is 0 Å². The Kier molecular flexibility index (Phi) is 4.65. The van der Waals surface area contributed by atoms with Crippen LogP contribution < -0.4 is 10.1 Å². The number of aliphatic carboxylic acids is 1. The third-order valence-electron chi connectivity index (χ3n) is 2.17. The van der Waals surface area contributed by atoms with Gasteiger partial charge in [0.25, 0.3) is 0 Å². The zero-order valence-corrected chi connectivity index (χ0v) is 10.1. The molecule has 1 amide bonds. The summed E-state index contributed by atoms with van der Waals surface area (Å²) in [6.07, 6.45) is 0. The summed E-state index contributed by atoms with van der Waals surface area (Å²) in [5.41, 5.74) is 0.790. The van der Waals surface area contributed by atoms with Crippen molar-refractivity contribution in [1.82, 2.24) is 5.32 Å². The van der Waals surface area contributed by atoms with Gasteiger partial charge < -0.3 is 15.2 Å². The summed E-state index contributed by atoms with van der Waals surface area (Å²) in [4.78, 5) is 21.6. The molecule has 1 aromatic rings. The highest BCUT2D eigenvalue weighted by Gasteiger charge is 2.19. The minimum atomic E-state index is -1.24. The number of hydrogen-bond acceptors (Lipinski definition) is 3. The largest absolute Gasteiger partial charge is 0.488 e. The molecule has 0 heterocycles. The van der Waals surface area contributed by atoms with E-state index < -0.39 is 23.7 Å². The first-order chi connectivity index (χ1) is 8.40. The number of carboxylic acid groups (broad SMARTS) is 1. The molecule has 0 aliphatic carbocycles. The predicted molar refractivity (Wildman–Crippen MR) is 61.9 cm³/mol. The number of rotatable bonds is 5. The van der Waals surface area contributed by atoms with E-state index in [4.69, 9.17) is 9.84 Å². The van der Waals surface area contributed by atoms with E-state index in [-0.39, 0.29) is 12.4 Å². The first kappa shape index (κ1) is 14.0. The maximum absolute atomic E-state index is 13.3. The van der Waals surface area contributed by atoms with E-state index in [0.29, 0.717) is 0 Å². The Labute approximate surface area is 104 Å². The summed E-state index contributed by atoms with van der Waals surface area (Å²) in [7, 11) is 0. The van der Waals surface area contributed by atoms with E-state index >= 15 is 0 Å². The Bertz CT molecular complexity index is 461. The molecule has 98 valence electrons. The van der Waals surface area contributed by atoms with E-state index in [1.165, 1.54) is 19.1 Å². The van der Waals surface area contributed by atoms with Crippen molar-refractivity contribution in [2.75, 3.05) is 6.61 Å². The molecule has 0 radical (unpaired) electrons. The highest BCUT2D eigenvalue weighted by atomic mass is 19.1. The second kappa shape index (κ2) is 6.00. The van der Waals surface area contributed by atoms with Gasteiger partial charge in [-0.1, -0.05) is 6.07 Å². The number of carboxylic acids is 1. The third-order valence-corrected chi connectivity index (χ3v) is 2.17. The van der Waals surface area contributed by atoms with Crippen LogP contribution in [0.4, 0.5) is 4.39 Å². The summed E-state index contributed by atoms with van der Waals surface area (Å²) < 4.78 is 18.4. The number of aryl methyl sites for hydroxylation is 1. The van der Waals surface area contributed by atoms with Crippen molar-refractivity contribution >= 4 is 11.9 Å². The van der Waals surface area contributed by atoms with Gasteiger partial charge in [0.05, 0.1) is 0 Å². The van der Waals surface area contributed by atoms with Crippen LogP contribution in [0.2, 0.25) is 0 Å². The van der Waals surface area contributed by atoms with Crippen LogP contribution in [0.25, 0.3) is 0 Å². The number of nitrogens with one attached hydrogen (secondary N) is 1. The zero-order chi connectivity index (χ0) is 13.7. The molecule has 1 atom stereocenters. The lowest BCUT2D eigenvalue weighted by molar-refractivity contribution is -0.142. The lowest BCUT2D eigenvalue weighted by Gasteiger charge is -2.15. The van der Waals surface area contributed by atoms with Crippen LogP contribution in [0, 0.1) is 12.7 Å². The zero-order valence-electron chi connectivity index (χ0n) is 10.1. The van der Waals surface area contributed by atoms with Crippen LogP contribution in [0.5, 0.6) is 5.75 Å². The summed E-state index contributed by atoms with van der Waals surface area (Å²) in [6, 6.07) is 3.06. The molecule has 0 bridgehead atoms. The molecule has 0 fully saturated rings. The molecule has 1 aromatic carbocycles. The summed E-state index contributed by atoms with van der Waals surface area (Å²) in [5.74, 6) is -2.34.